The number of aliphatic carboxylic acids is 1. The zero-order valence-electron chi connectivity index (χ0n) is 9.12. The maximum absolute atomic E-state index is 11.1. The number of carbonyl (C=O) groups is 1. The van der Waals surface area contributed by atoms with Gasteiger partial charge in [0.1, 0.15) is 0 Å². The quantitative estimate of drug-likeness (QED) is 0.729. The van der Waals surface area contributed by atoms with E-state index < -0.39 is 5.97 Å². The number of carboxylic acid groups (broad SMARTS) is 1. The summed E-state index contributed by atoms with van der Waals surface area (Å²) in [5.41, 5.74) is 0. The van der Waals surface area contributed by atoms with Crippen molar-refractivity contribution in [1.29, 1.82) is 0 Å². The van der Waals surface area contributed by atoms with Crippen molar-refractivity contribution < 1.29 is 9.90 Å². The SMILES string of the molecule is CC(C)C[C@H]1NCCCC[C@@H]1C(=O)O. The molecule has 1 aliphatic rings. The van der Waals surface area contributed by atoms with Crippen LogP contribution >= 0.6 is 0 Å². The topological polar surface area (TPSA) is 49.3 Å². The van der Waals surface area contributed by atoms with Gasteiger partial charge in [0.2, 0.25) is 0 Å². The standard InChI is InChI=1S/C11H21NO2/c1-8(2)7-10-9(11(13)14)5-3-4-6-12-10/h8-10,12H,3-7H2,1-2H3,(H,13,14)/t9-,10+/m0/s1. The summed E-state index contributed by atoms with van der Waals surface area (Å²) in [7, 11) is 0. The van der Waals surface area contributed by atoms with Crippen LogP contribution in [0.15, 0.2) is 0 Å². The van der Waals surface area contributed by atoms with Gasteiger partial charge in [-0.1, -0.05) is 20.3 Å². The molecule has 0 unspecified atom stereocenters. The minimum Gasteiger partial charge on any atom is -0.481 e. The third-order valence-corrected chi connectivity index (χ3v) is 2.88. The van der Waals surface area contributed by atoms with Gasteiger partial charge >= 0.3 is 5.97 Å². The molecule has 0 aromatic heterocycles. The molecule has 2 N–H and O–H groups in total. The average molecular weight is 199 g/mol. The fraction of sp³-hybridized carbons (Fsp3) is 0.909. The molecule has 1 saturated heterocycles. The van der Waals surface area contributed by atoms with Crippen LogP contribution in [0.4, 0.5) is 0 Å². The monoisotopic (exact) mass is 199 g/mol. The van der Waals surface area contributed by atoms with Crippen molar-refractivity contribution in [3.63, 3.8) is 0 Å². The first-order chi connectivity index (χ1) is 6.61. The van der Waals surface area contributed by atoms with Gasteiger partial charge in [-0.2, -0.15) is 0 Å². The van der Waals surface area contributed by atoms with Gasteiger partial charge in [0.25, 0.3) is 0 Å². The smallest absolute Gasteiger partial charge is 0.308 e. The molecule has 0 bridgehead atoms. The van der Waals surface area contributed by atoms with Crippen molar-refractivity contribution in [2.45, 2.75) is 45.6 Å². The molecule has 1 fully saturated rings. The summed E-state index contributed by atoms with van der Waals surface area (Å²) >= 11 is 0. The predicted molar refractivity (Wildman–Crippen MR) is 56.2 cm³/mol. The van der Waals surface area contributed by atoms with E-state index in [4.69, 9.17) is 5.11 Å². The molecule has 0 aliphatic carbocycles. The molecule has 1 heterocycles. The van der Waals surface area contributed by atoms with Crippen molar-refractivity contribution in [3.8, 4) is 0 Å². The molecule has 0 amide bonds. The molecule has 82 valence electrons. The second kappa shape index (κ2) is 5.35. The van der Waals surface area contributed by atoms with E-state index in [1.165, 1.54) is 0 Å². The van der Waals surface area contributed by atoms with Crippen molar-refractivity contribution in [2.24, 2.45) is 11.8 Å². The first-order valence-corrected chi connectivity index (χ1v) is 5.57. The van der Waals surface area contributed by atoms with Crippen LogP contribution < -0.4 is 5.32 Å². The zero-order valence-corrected chi connectivity index (χ0v) is 9.12. The van der Waals surface area contributed by atoms with Crippen LogP contribution in [0.25, 0.3) is 0 Å². The van der Waals surface area contributed by atoms with E-state index in [9.17, 15) is 4.79 Å². The van der Waals surface area contributed by atoms with Gasteiger partial charge in [-0.05, 0) is 31.7 Å². The van der Waals surface area contributed by atoms with Crippen LogP contribution in [0, 0.1) is 11.8 Å². The molecule has 3 nitrogen and oxygen atoms in total. The van der Waals surface area contributed by atoms with E-state index in [2.05, 4.69) is 19.2 Å². The van der Waals surface area contributed by atoms with Gasteiger partial charge in [-0.25, -0.2) is 0 Å². The van der Waals surface area contributed by atoms with Gasteiger partial charge in [-0.15, -0.1) is 0 Å². The Morgan fingerprint density at radius 2 is 2.21 bits per heavy atom. The van der Waals surface area contributed by atoms with Crippen molar-refractivity contribution in [3.05, 3.63) is 0 Å². The van der Waals surface area contributed by atoms with Gasteiger partial charge in [0.15, 0.2) is 0 Å². The highest BCUT2D eigenvalue weighted by molar-refractivity contribution is 5.70. The van der Waals surface area contributed by atoms with Crippen molar-refractivity contribution in [1.82, 2.24) is 5.32 Å². The molecule has 2 atom stereocenters. The second-order valence-corrected chi connectivity index (χ2v) is 4.63. The molecule has 3 heteroatoms. The molecule has 14 heavy (non-hydrogen) atoms. The lowest BCUT2D eigenvalue weighted by Crippen LogP contribution is -2.39. The van der Waals surface area contributed by atoms with Crippen molar-refractivity contribution >= 4 is 5.97 Å². The molecular formula is C11H21NO2. The van der Waals surface area contributed by atoms with Crippen molar-refractivity contribution in [2.75, 3.05) is 6.54 Å². The first-order valence-electron chi connectivity index (χ1n) is 5.57. The summed E-state index contributed by atoms with van der Waals surface area (Å²) in [6, 6.07) is 0.176. The normalized spacial score (nSPS) is 28.8. The highest BCUT2D eigenvalue weighted by atomic mass is 16.4. The van der Waals surface area contributed by atoms with Crippen LogP contribution in [-0.2, 0) is 4.79 Å². The van der Waals surface area contributed by atoms with Crippen LogP contribution in [0.2, 0.25) is 0 Å². The molecule has 0 aromatic carbocycles. The third-order valence-electron chi connectivity index (χ3n) is 2.88. The van der Waals surface area contributed by atoms with Gasteiger partial charge in [0, 0.05) is 6.04 Å². The largest absolute Gasteiger partial charge is 0.481 e. The molecule has 0 spiro atoms. The minimum absolute atomic E-state index is 0.176. The first kappa shape index (κ1) is 11.5. The fourth-order valence-electron chi connectivity index (χ4n) is 2.17. The van der Waals surface area contributed by atoms with E-state index in [0.717, 1.165) is 32.2 Å². The van der Waals surface area contributed by atoms with E-state index in [1.807, 2.05) is 0 Å². The Kier molecular flexibility index (Phi) is 4.39. The maximum atomic E-state index is 11.1. The van der Waals surface area contributed by atoms with E-state index in [1.54, 1.807) is 0 Å². The van der Waals surface area contributed by atoms with Crippen LogP contribution in [-0.4, -0.2) is 23.7 Å². The number of hydrogen-bond acceptors (Lipinski definition) is 2. The van der Waals surface area contributed by atoms with Crippen LogP contribution in [0.1, 0.15) is 39.5 Å². The molecule has 0 aromatic rings. The summed E-state index contributed by atoms with van der Waals surface area (Å²) in [5, 5.41) is 12.5. The Morgan fingerprint density at radius 1 is 1.50 bits per heavy atom. The number of carboxylic acids is 1. The lowest BCUT2D eigenvalue weighted by Gasteiger charge is -2.24. The Bertz CT molecular complexity index is 192. The molecule has 1 rings (SSSR count). The lowest BCUT2D eigenvalue weighted by atomic mass is 9.89. The Balaban J connectivity index is 2.59. The molecular weight excluding hydrogens is 178 g/mol. The lowest BCUT2D eigenvalue weighted by molar-refractivity contribution is -0.143. The average Bonchev–Trinajstić information content (AvgIpc) is 2.28. The summed E-state index contributed by atoms with van der Waals surface area (Å²) < 4.78 is 0. The minimum atomic E-state index is -0.634. The number of rotatable bonds is 3. The number of hydrogen-bond donors (Lipinski definition) is 2. The predicted octanol–water partition coefficient (Wildman–Crippen LogP) is 1.88. The Hall–Kier alpha value is -0.570. The summed E-state index contributed by atoms with van der Waals surface area (Å²) in [6.45, 7) is 5.26. The highest BCUT2D eigenvalue weighted by Crippen LogP contribution is 2.21. The van der Waals surface area contributed by atoms with E-state index in [0.29, 0.717) is 5.92 Å². The summed E-state index contributed by atoms with van der Waals surface area (Å²) in [5.74, 6) is -0.252. The van der Waals surface area contributed by atoms with Gasteiger partial charge < -0.3 is 10.4 Å². The van der Waals surface area contributed by atoms with E-state index >= 15 is 0 Å². The fourth-order valence-corrected chi connectivity index (χ4v) is 2.17. The van der Waals surface area contributed by atoms with Crippen LogP contribution in [0.3, 0.4) is 0 Å². The number of nitrogens with one attached hydrogen (secondary N) is 1. The summed E-state index contributed by atoms with van der Waals surface area (Å²) in [6.07, 6.45) is 3.95. The van der Waals surface area contributed by atoms with Gasteiger partial charge in [0.05, 0.1) is 5.92 Å². The molecule has 1 aliphatic heterocycles. The summed E-state index contributed by atoms with van der Waals surface area (Å²) in [4.78, 5) is 11.1. The Morgan fingerprint density at radius 3 is 2.79 bits per heavy atom. The molecule has 0 saturated carbocycles. The molecule has 0 radical (unpaired) electrons. The highest BCUT2D eigenvalue weighted by Gasteiger charge is 2.29. The third kappa shape index (κ3) is 3.29. The van der Waals surface area contributed by atoms with Gasteiger partial charge in [-0.3, -0.25) is 4.79 Å². The maximum Gasteiger partial charge on any atom is 0.308 e. The second-order valence-electron chi connectivity index (χ2n) is 4.63. The zero-order chi connectivity index (χ0) is 10.6. The Labute approximate surface area is 85.9 Å². The van der Waals surface area contributed by atoms with Crippen LogP contribution in [0.5, 0.6) is 0 Å². The van der Waals surface area contributed by atoms with E-state index in [-0.39, 0.29) is 12.0 Å².